The lowest BCUT2D eigenvalue weighted by molar-refractivity contribution is -0.122. The summed E-state index contributed by atoms with van der Waals surface area (Å²) in [7, 11) is 0. The molecule has 0 fully saturated rings. The van der Waals surface area contributed by atoms with Crippen molar-refractivity contribution in [3.05, 3.63) is 14.1 Å². The number of aromatic nitrogens is 2. The second kappa shape index (κ2) is 4.02. The molecule has 6 heteroatoms. The van der Waals surface area contributed by atoms with E-state index in [2.05, 4.69) is 5.10 Å². The van der Waals surface area contributed by atoms with Gasteiger partial charge in [0.1, 0.15) is 6.54 Å². The van der Waals surface area contributed by atoms with Gasteiger partial charge in [-0.1, -0.05) is 13.8 Å². The van der Waals surface area contributed by atoms with Gasteiger partial charge >= 0.3 is 4.87 Å². The van der Waals surface area contributed by atoms with Crippen molar-refractivity contribution in [3.63, 3.8) is 0 Å². The van der Waals surface area contributed by atoms with Gasteiger partial charge in [0.25, 0.3) is 0 Å². The third-order valence-corrected chi connectivity index (χ3v) is 2.47. The van der Waals surface area contributed by atoms with Crippen LogP contribution in [0.1, 0.15) is 13.8 Å². The van der Waals surface area contributed by atoms with Crippen LogP contribution in [-0.2, 0) is 11.3 Å². The Balaban J connectivity index is 2.80. The minimum absolute atomic E-state index is 0.0136. The maximum atomic E-state index is 11.2. The summed E-state index contributed by atoms with van der Waals surface area (Å²) >= 11 is 6.34. The molecule has 72 valence electrons. The van der Waals surface area contributed by atoms with Crippen LogP contribution in [0, 0.1) is 5.92 Å². The van der Waals surface area contributed by atoms with Crippen molar-refractivity contribution < 1.29 is 4.79 Å². The fourth-order valence-electron chi connectivity index (χ4n) is 0.711. The van der Waals surface area contributed by atoms with Crippen LogP contribution in [0.25, 0.3) is 0 Å². The molecule has 0 aliphatic heterocycles. The molecule has 0 aliphatic rings. The summed E-state index contributed by atoms with van der Waals surface area (Å²) in [6, 6.07) is 0. The highest BCUT2D eigenvalue weighted by Gasteiger charge is 2.11. The molecular formula is C7H9ClN2O2S. The smallest absolute Gasteiger partial charge is 0.297 e. The minimum atomic E-state index is -0.293. The van der Waals surface area contributed by atoms with Crippen LogP contribution in [0.2, 0.25) is 4.47 Å². The van der Waals surface area contributed by atoms with Gasteiger partial charge in [-0.3, -0.25) is 9.59 Å². The number of halogens is 1. The molecule has 0 aliphatic carbocycles. The Hall–Kier alpha value is -0.680. The van der Waals surface area contributed by atoms with Crippen LogP contribution in [-0.4, -0.2) is 15.6 Å². The van der Waals surface area contributed by atoms with Gasteiger partial charge in [0, 0.05) is 5.92 Å². The molecule has 0 aromatic carbocycles. The van der Waals surface area contributed by atoms with E-state index in [4.69, 9.17) is 11.6 Å². The average Bonchev–Trinajstić information content (AvgIpc) is 2.30. The van der Waals surface area contributed by atoms with Gasteiger partial charge in [0.2, 0.25) is 4.47 Å². The van der Waals surface area contributed by atoms with Gasteiger partial charge in [-0.2, -0.15) is 0 Å². The maximum Gasteiger partial charge on any atom is 0.326 e. The lowest BCUT2D eigenvalue weighted by Crippen LogP contribution is -2.23. The number of carbonyl (C=O) groups excluding carboxylic acids is 1. The fourth-order valence-corrected chi connectivity index (χ4v) is 1.49. The zero-order chi connectivity index (χ0) is 10.0. The molecular weight excluding hydrogens is 212 g/mol. The number of hydrogen-bond donors (Lipinski definition) is 0. The van der Waals surface area contributed by atoms with E-state index in [-0.39, 0.29) is 27.6 Å². The van der Waals surface area contributed by atoms with Gasteiger partial charge in [-0.15, -0.1) is 5.10 Å². The summed E-state index contributed by atoms with van der Waals surface area (Å²) in [5.74, 6) is -0.114. The van der Waals surface area contributed by atoms with Crippen LogP contribution >= 0.6 is 22.9 Å². The van der Waals surface area contributed by atoms with Crippen LogP contribution in [0.3, 0.4) is 0 Å². The normalized spacial score (nSPS) is 10.8. The molecule has 0 spiro atoms. The predicted octanol–water partition coefficient (Wildman–Crippen LogP) is 1.18. The third-order valence-electron chi connectivity index (χ3n) is 1.53. The largest absolute Gasteiger partial charge is 0.326 e. The summed E-state index contributed by atoms with van der Waals surface area (Å²) in [6.07, 6.45) is 0. The van der Waals surface area contributed by atoms with Crippen molar-refractivity contribution in [2.45, 2.75) is 20.4 Å². The molecule has 0 atom stereocenters. The van der Waals surface area contributed by atoms with Gasteiger partial charge in [0.05, 0.1) is 0 Å². The molecule has 13 heavy (non-hydrogen) atoms. The summed E-state index contributed by atoms with van der Waals surface area (Å²) < 4.78 is 1.26. The van der Waals surface area contributed by atoms with Gasteiger partial charge in [0.15, 0.2) is 5.78 Å². The number of nitrogens with zero attached hydrogens (tertiary/aromatic N) is 2. The Bertz CT molecular complexity index is 369. The standard InChI is InChI=1S/C7H9ClN2O2S/c1-4(2)5(11)3-10-7(12)13-6(8)9-10/h4H,3H2,1-2H3. The van der Waals surface area contributed by atoms with E-state index in [1.807, 2.05) is 0 Å². The third kappa shape index (κ3) is 2.63. The summed E-state index contributed by atoms with van der Waals surface area (Å²) in [6.45, 7) is 3.57. The molecule has 1 heterocycles. The van der Waals surface area contributed by atoms with Gasteiger partial charge in [-0.25, -0.2) is 4.68 Å². The van der Waals surface area contributed by atoms with E-state index in [9.17, 15) is 9.59 Å². The maximum absolute atomic E-state index is 11.2. The quantitative estimate of drug-likeness (QED) is 0.769. The molecule has 0 radical (unpaired) electrons. The first-order valence-electron chi connectivity index (χ1n) is 3.77. The molecule has 0 amide bonds. The van der Waals surface area contributed by atoms with Crippen molar-refractivity contribution in [3.8, 4) is 0 Å². The minimum Gasteiger partial charge on any atom is -0.297 e. The Labute approximate surface area is 84.1 Å². The predicted molar refractivity (Wildman–Crippen MR) is 51.2 cm³/mol. The average molecular weight is 221 g/mol. The number of rotatable bonds is 3. The van der Waals surface area contributed by atoms with E-state index < -0.39 is 0 Å². The first-order valence-corrected chi connectivity index (χ1v) is 4.96. The summed E-state index contributed by atoms with van der Waals surface area (Å²) in [5, 5.41) is 3.70. The van der Waals surface area contributed by atoms with Gasteiger partial charge in [-0.05, 0) is 22.9 Å². The molecule has 1 aromatic rings. The number of carbonyl (C=O) groups is 1. The second-order valence-electron chi connectivity index (χ2n) is 2.90. The van der Waals surface area contributed by atoms with Crippen molar-refractivity contribution >= 4 is 28.7 Å². The Morgan fingerprint density at radius 2 is 2.31 bits per heavy atom. The SMILES string of the molecule is CC(C)C(=O)Cn1nc(Cl)sc1=O. The molecule has 4 nitrogen and oxygen atoms in total. The molecule has 1 rings (SSSR count). The molecule has 0 N–H and O–H groups in total. The first kappa shape index (κ1) is 10.4. The van der Waals surface area contributed by atoms with Crippen molar-refractivity contribution in [1.29, 1.82) is 0 Å². The van der Waals surface area contributed by atoms with Gasteiger partial charge < -0.3 is 0 Å². The fraction of sp³-hybridized carbons (Fsp3) is 0.571. The Morgan fingerprint density at radius 1 is 1.69 bits per heavy atom. The van der Waals surface area contributed by atoms with E-state index in [0.717, 1.165) is 16.0 Å². The Morgan fingerprint density at radius 3 is 2.69 bits per heavy atom. The topological polar surface area (TPSA) is 52.0 Å². The lowest BCUT2D eigenvalue weighted by Gasteiger charge is -2.01. The van der Waals surface area contributed by atoms with Crippen molar-refractivity contribution in [2.24, 2.45) is 5.92 Å². The van der Waals surface area contributed by atoms with Crippen LogP contribution in [0.5, 0.6) is 0 Å². The monoisotopic (exact) mass is 220 g/mol. The van der Waals surface area contributed by atoms with E-state index in [1.54, 1.807) is 13.8 Å². The molecule has 0 saturated carbocycles. The number of ketones is 1. The second-order valence-corrected chi connectivity index (χ2v) is 4.42. The number of Topliss-reactive ketones (excluding diaryl/α,β-unsaturated/α-hetero) is 1. The molecule has 1 aromatic heterocycles. The van der Waals surface area contributed by atoms with Crippen LogP contribution < -0.4 is 4.87 Å². The first-order chi connectivity index (χ1) is 6.00. The Kier molecular flexibility index (Phi) is 3.22. The highest BCUT2D eigenvalue weighted by atomic mass is 35.5. The van der Waals surface area contributed by atoms with E-state index in [1.165, 1.54) is 0 Å². The van der Waals surface area contributed by atoms with Crippen LogP contribution in [0.15, 0.2) is 4.79 Å². The van der Waals surface area contributed by atoms with E-state index in [0.29, 0.717) is 0 Å². The highest BCUT2D eigenvalue weighted by molar-refractivity contribution is 7.13. The highest BCUT2D eigenvalue weighted by Crippen LogP contribution is 2.06. The molecule has 0 unspecified atom stereocenters. The van der Waals surface area contributed by atoms with Crippen molar-refractivity contribution in [2.75, 3.05) is 0 Å². The van der Waals surface area contributed by atoms with E-state index >= 15 is 0 Å². The van der Waals surface area contributed by atoms with Crippen LogP contribution in [0.4, 0.5) is 0 Å². The summed E-state index contributed by atoms with van der Waals surface area (Å²) in [5.41, 5.74) is 0. The summed E-state index contributed by atoms with van der Waals surface area (Å²) in [4.78, 5) is 22.0. The lowest BCUT2D eigenvalue weighted by atomic mass is 10.1. The molecule has 0 bridgehead atoms. The zero-order valence-electron chi connectivity index (χ0n) is 7.28. The number of hydrogen-bond acceptors (Lipinski definition) is 4. The molecule has 0 saturated heterocycles. The van der Waals surface area contributed by atoms with Crippen molar-refractivity contribution in [1.82, 2.24) is 9.78 Å². The zero-order valence-corrected chi connectivity index (χ0v) is 8.85.